The smallest absolute Gasteiger partial charge is 0.289 e. The summed E-state index contributed by atoms with van der Waals surface area (Å²) in [6.07, 6.45) is -0.643. The predicted molar refractivity (Wildman–Crippen MR) is 96.8 cm³/mol. The van der Waals surface area contributed by atoms with Crippen LogP contribution in [-0.2, 0) is 10.5 Å². The first kappa shape index (κ1) is 18.0. The van der Waals surface area contributed by atoms with Crippen molar-refractivity contribution in [2.75, 3.05) is 19.8 Å². The van der Waals surface area contributed by atoms with Gasteiger partial charge in [-0.1, -0.05) is 17.7 Å². The highest BCUT2D eigenvalue weighted by Crippen LogP contribution is 2.25. The lowest BCUT2D eigenvalue weighted by molar-refractivity contribution is 0.0491. The van der Waals surface area contributed by atoms with E-state index in [1.165, 1.54) is 5.56 Å². The molecule has 1 saturated heterocycles. The van der Waals surface area contributed by atoms with E-state index in [4.69, 9.17) is 9.15 Å². The Labute approximate surface area is 152 Å². The number of nitrogens with zero attached hydrogens (tertiary/aromatic N) is 1. The molecule has 1 amide bonds. The second-order valence-electron chi connectivity index (χ2n) is 6.13. The number of aliphatic hydroxyl groups excluding tert-OH is 1. The first-order valence-electron chi connectivity index (χ1n) is 8.43. The van der Waals surface area contributed by atoms with Gasteiger partial charge in [-0.25, -0.2) is 0 Å². The van der Waals surface area contributed by atoms with E-state index in [-0.39, 0.29) is 18.6 Å². The summed E-state index contributed by atoms with van der Waals surface area (Å²) in [4.78, 5) is 15.5. The monoisotopic (exact) mass is 361 g/mol. The Hall–Kier alpha value is -1.76. The fourth-order valence-corrected chi connectivity index (χ4v) is 3.65. The standard InChI is InChI=1S/C19H23NO4S/c1-3-20(16-10-23-11-17(16)21)19(22)18-9-6-14(24-18)12-25-15-7-4-13(2)5-8-15/h4-9,16-17,21H,3,10-12H2,1-2H3/t16-,17-/m0/s1. The van der Waals surface area contributed by atoms with Gasteiger partial charge in [-0.05, 0) is 38.1 Å². The number of benzene rings is 1. The number of thioether (sulfide) groups is 1. The molecule has 1 fully saturated rings. The summed E-state index contributed by atoms with van der Waals surface area (Å²) >= 11 is 1.67. The number of carbonyl (C=O) groups excluding carboxylic acids is 1. The number of aliphatic hydroxyl groups is 1. The number of rotatable bonds is 6. The Balaban J connectivity index is 1.63. The molecule has 1 aromatic carbocycles. The van der Waals surface area contributed by atoms with Gasteiger partial charge in [0.1, 0.15) is 5.76 Å². The Morgan fingerprint density at radius 2 is 2.00 bits per heavy atom. The molecule has 0 unspecified atom stereocenters. The van der Waals surface area contributed by atoms with Gasteiger partial charge in [0.25, 0.3) is 5.91 Å². The highest BCUT2D eigenvalue weighted by atomic mass is 32.2. The highest BCUT2D eigenvalue weighted by molar-refractivity contribution is 7.98. The number of furan rings is 1. The van der Waals surface area contributed by atoms with Crippen LogP contribution >= 0.6 is 11.8 Å². The number of likely N-dealkylation sites (N-methyl/N-ethyl adjacent to an activating group) is 1. The van der Waals surface area contributed by atoms with E-state index in [2.05, 4.69) is 31.2 Å². The van der Waals surface area contributed by atoms with Gasteiger partial charge >= 0.3 is 0 Å². The van der Waals surface area contributed by atoms with Crippen LogP contribution in [0.5, 0.6) is 0 Å². The number of hydrogen-bond donors (Lipinski definition) is 1. The van der Waals surface area contributed by atoms with E-state index in [1.54, 1.807) is 22.7 Å². The molecular weight excluding hydrogens is 338 g/mol. The average molecular weight is 361 g/mol. The van der Waals surface area contributed by atoms with E-state index < -0.39 is 6.10 Å². The maximum absolute atomic E-state index is 12.7. The zero-order valence-corrected chi connectivity index (χ0v) is 15.3. The van der Waals surface area contributed by atoms with Crippen molar-refractivity contribution >= 4 is 17.7 Å². The molecule has 3 rings (SSSR count). The van der Waals surface area contributed by atoms with Crippen LogP contribution in [0.4, 0.5) is 0 Å². The first-order valence-corrected chi connectivity index (χ1v) is 9.42. The van der Waals surface area contributed by atoms with Crippen LogP contribution < -0.4 is 0 Å². The molecule has 0 bridgehead atoms. The number of amides is 1. The summed E-state index contributed by atoms with van der Waals surface area (Å²) in [5, 5.41) is 9.97. The van der Waals surface area contributed by atoms with Gasteiger partial charge in [0.05, 0.1) is 31.1 Å². The Morgan fingerprint density at radius 1 is 1.24 bits per heavy atom. The van der Waals surface area contributed by atoms with E-state index in [9.17, 15) is 9.90 Å². The van der Waals surface area contributed by atoms with Crippen molar-refractivity contribution < 1.29 is 19.1 Å². The fourth-order valence-electron chi connectivity index (χ4n) is 2.86. The summed E-state index contributed by atoms with van der Waals surface area (Å²) in [5.41, 5.74) is 1.23. The van der Waals surface area contributed by atoms with E-state index in [1.807, 2.05) is 13.0 Å². The van der Waals surface area contributed by atoms with Crippen molar-refractivity contribution in [1.29, 1.82) is 0 Å². The lowest BCUT2D eigenvalue weighted by Gasteiger charge is -2.27. The number of carbonyl (C=O) groups is 1. The largest absolute Gasteiger partial charge is 0.455 e. The van der Waals surface area contributed by atoms with Crippen LogP contribution in [0.1, 0.15) is 28.8 Å². The average Bonchev–Trinajstić information content (AvgIpc) is 3.25. The topological polar surface area (TPSA) is 62.9 Å². The van der Waals surface area contributed by atoms with Crippen LogP contribution in [0.25, 0.3) is 0 Å². The van der Waals surface area contributed by atoms with Crippen LogP contribution in [0, 0.1) is 6.92 Å². The van der Waals surface area contributed by atoms with Crippen molar-refractivity contribution in [3.63, 3.8) is 0 Å². The second-order valence-corrected chi connectivity index (χ2v) is 7.18. The molecular formula is C19H23NO4S. The third-order valence-electron chi connectivity index (χ3n) is 4.30. The van der Waals surface area contributed by atoms with E-state index >= 15 is 0 Å². The predicted octanol–water partition coefficient (Wildman–Crippen LogP) is 3.10. The van der Waals surface area contributed by atoms with Crippen LogP contribution in [0.2, 0.25) is 0 Å². The van der Waals surface area contributed by atoms with E-state index in [0.29, 0.717) is 24.7 Å². The lowest BCUT2D eigenvalue weighted by atomic mass is 10.1. The van der Waals surface area contributed by atoms with Crippen LogP contribution in [0.3, 0.4) is 0 Å². The van der Waals surface area contributed by atoms with Crippen LogP contribution in [0.15, 0.2) is 45.7 Å². The van der Waals surface area contributed by atoms with Gasteiger partial charge in [0.2, 0.25) is 0 Å². The van der Waals surface area contributed by atoms with Crippen molar-refractivity contribution in [2.24, 2.45) is 0 Å². The van der Waals surface area contributed by atoms with Gasteiger partial charge in [0.15, 0.2) is 5.76 Å². The molecule has 1 N–H and O–H groups in total. The molecule has 1 aliphatic heterocycles. The second kappa shape index (κ2) is 8.08. The van der Waals surface area contributed by atoms with Gasteiger partial charge in [-0.2, -0.15) is 0 Å². The lowest BCUT2D eigenvalue weighted by Crippen LogP contribution is -2.46. The third-order valence-corrected chi connectivity index (χ3v) is 5.33. The van der Waals surface area contributed by atoms with Gasteiger partial charge in [-0.3, -0.25) is 4.79 Å². The number of aryl methyl sites for hydroxylation is 1. The summed E-state index contributed by atoms with van der Waals surface area (Å²) in [6.45, 7) is 5.07. The maximum Gasteiger partial charge on any atom is 0.289 e. The minimum absolute atomic E-state index is 0.205. The van der Waals surface area contributed by atoms with Gasteiger partial charge in [0, 0.05) is 11.4 Å². The summed E-state index contributed by atoms with van der Waals surface area (Å²) in [6, 6.07) is 11.5. The molecule has 0 radical (unpaired) electrons. The van der Waals surface area contributed by atoms with Crippen molar-refractivity contribution in [3.05, 3.63) is 53.5 Å². The molecule has 2 aromatic rings. The normalized spacial score (nSPS) is 20.0. The van der Waals surface area contributed by atoms with E-state index in [0.717, 1.165) is 10.7 Å². The van der Waals surface area contributed by atoms with Crippen molar-refractivity contribution in [3.8, 4) is 0 Å². The molecule has 0 saturated carbocycles. The Morgan fingerprint density at radius 3 is 2.64 bits per heavy atom. The molecule has 6 heteroatoms. The molecule has 2 atom stereocenters. The third kappa shape index (κ3) is 4.26. The number of ether oxygens (including phenoxy) is 1. The van der Waals surface area contributed by atoms with Gasteiger partial charge < -0.3 is 19.2 Å². The molecule has 0 spiro atoms. The minimum atomic E-state index is -0.643. The molecule has 0 aliphatic carbocycles. The van der Waals surface area contributed by atoms with Crippen LogP contribution in [-0.4, -0.2) is 47.8 Å². The highest BCUT2D eigenvalue weighted by Gasteiger charge is 2.35. The van der Waals surface area contributed by atoms with Crippen molar-refractivity contribution in [1.82, 2.24) is 4.90 Å². The van der Waals surface area contributed by atoms with Crippen molar-refractivity contribution in [2.45, 2.75) is 36.6 Å². The molecule has 1 aliphatic rings. The minimum Gasteiger partial charge on any atom is -0.455 e. The fraction of sp³-hybridized carbons (Fsp3) is 0.421. The summed E-state index contributed by atoms with van der Waals surface area (Å²) in [5.74, 6) is 1.52. The molecule has 1 aromatic heterocycles. The molecule has 5 nitrogen and oxygen atoms in total. The van der Waals surface area contributed by atoms with Gasteiger partial charge in [-0.15, -0.1) is 11.8 Å². The quantitative estimate of drug-likeness (QED) is 0.801. The molecule has 25 heavy (non-hydrogen) atoms. The zero-order chi connectivity index (χ0) is 17.8. The Kier molecular flexibility index (Phi) is 5.83. The summed E-state index contributed by atoms with van der Waals surface area (Å²) < 4.78 is 11.0. The maximum atomic E-state index is 12.7. The Bertz CT molecular complexity index is 712. The number of hydrogen-bond acceptors (Lipinski definition) is 5. The molecule has 2 heterocycles. The SMILES string of the molecule is CCN(C(=O)c1ccc(CSc2ccc(C)cc2)o1)[C@H]1COC[C@@H]1O. The first-order chi connectivity index (χ1) is 12.1. The molecule has 134 valence electrons. The zero-order valence-electron chi connectivity index (χ0n) is 14.5. The summed E-state index contributed by atoms with van der Waals surface area (Å²) in [7, 11) is 0.